The lowest BCUT2D eigenvalue weighted by molar-refractivity contribution is -0.141. The average Bonchev–Trinajstić information content (AvgIpc) is 3.13. The van der Waals surface area contributed by atoms with Gasteiger partial charge >= 0.3 is 5.97 Å². The minimum atomic E-state index is -0.874. The van der Waals surface area contributed by atoms with Crippen LogP contribution in [0.15, 0.2) is 24.3 Å². The number of hydrogen-bond donors (Lipinski definition) is 1. The molecule has 24 heavy (non-hydrogen) atoms. The highest BCUT2D eigenvalue weighted by Gasteiger charge is 2.33. The van der Waals surface area contributed by atoms with Gasteiger partial charge in [-0.1, -0.05) is 0 Å². The second kappa shape index (κ2) is 6.07. The molecule has 1 aromatic heterocycles. The Morgan fingerprint density at radius 2 is 1.92 bits per heavy atom. The first-order chi connectivity index (χ1) is 11.4. The number of halogens is 1. The van der Waals surface area contributed by atoms with Crippen molar-refractivity contribution in [3.63, 3.8) is 0 Å². The van der Waals surface area contributed by atoms with Gasteiger partial charge < -0.3 is 10.0 Å². The maximum Gasteiger partial charge on any atom is 0.308 e. The molecule has 0 saturated carbocycles. The molecule has 0 unspecified atom stereocenters. The largest absolute Gasteiger partial charge is 0.481 e. The predicted molar refractivity (Wildman–Crippen MR) is 84.6 cm³/mol. The molecule has 1 saturated heterocycles. The lowest BCUT2D eigenvalue weighted by Crippen LogP contribution is -2.30. The molecule has 1 aromatic carbocycles. The predicted octanol–water partition coefficient (Wildman–Crippen LogP) is 2.17. The molecule has 1 fully saturated rings. The lowest BCUT2D eigenvalue weighted by atomic mass is 10.1. The Balaban J connectivity index is 1.91. The van der Waals surface area contributed by atoms with Crippen molar-refractivity contribution in [3.8, 4) is 5.69 Å². The highest BCUT2D eigenvalue weighted by molar-refractivity contribution is 5.97. The normalized spacial score (nSPS) is 17.3. The lowest BCUT2D eigenvalue weighted by Gasteiger charge is -2.16. The minimum Gasteiger partial charge on any atom is -0.481 e. The number of aromatic nitrogens is 2. The number of carboxylic acid groups (broad SMARTS) is 1. The van der Waals surface area contributed by atoms with Crippen LogP contribution in [0.4, 0.5) is 4.39 Å². The Morgan fingerprint density at radius 1 is 1.25 bits per heavy atom. The van der Waals surface area contributed by atoms with Crippen LogP contribution in [0.3, 0.4) is 0 Å². The van der Waals surface area contributed by atoms with E-state index < -0.39 is 11.9 Å². The first-order valence-electron chi connectivity index (χ1n) is 7.72. The molecule has 1 N–H and O–H groups in total. The van der Waals surface area contributed by atoms with Gasteiger partial charge in [-0.05, 0) is 44.5 Å². The van der Waals surface area contributed by atoms with Crippen LogP contribution in [-0.4, -0.2) is 44.8 Å². The van der Waals surface area contributed by atoms with E-state index in [1.54, 1.807) is 35.6 Å². The van der Waals surface area contributed by atoms with E-state index in [0.29, 0.717) is 35.6 Å². The van der Waals surface area contributed by atoms with Gasteiger partial charge in [0.1, 0.15) is 5.82 Å². The van der Waals surface area contributed by atoms with Crippen LogP contribution in [0.25, 0.3) is 5.69 Å². The fourth-order valence-electron chi connectivity index (χ4n) is 3.09. The van der Waals surface area contributed by atoms with E-state index in [0.717, 1.165) is 0 Å². The van der Waals surface area contributed by atoms with Crippen molar-refractivity contribution in [2.24, 2.45) is 5.92 Å². The SMILES string of the molecule is Cc1nn(-c2ccc(F)cc2)c(C)c1C(=O)N1CC[C@@H](C(=O)O)C1. The molecule has 1 amide bonds. The molecule has 0 aliphatic carbocycles. The molecule has 126 valence electrons. The van der Waals surface area contributed by atoms with Crippen molar-refractivity contribution < 1.29 is 19.1 Å². The highest BCUT2D eigenvalue weighted by atomic mass is 19.1. The van der Waals surface area contributed by atoms with Crippen LogP contribution in [0.2, 0.25) is 0 Å². The summed E-state index contributed by atoms with van der Waals surface area (Å²) in [4.78, 5) is 25.4. The monoisotopic (exact) mass is 331 g/mol. The van der Waals surface area contributed by atoms with Crippen molar-refractivity contribution in [1.82, 2.24) is 14.7 Å². The molecule has 7 heteroatoms. The van der Waals surface area contributed by atoms with Gasteiger partial charge in [-0.15, -0.1) is 0 Å². The molecular formula is C17H18FN3O3. The van der Waals surface area contributed by atoms with E-state index in [1.807, 2.05) is 0 Å². The van der Waals surface area contributed by atoms with E-state index in [4.69, 9.17) is 5.11 Å². The third kappa shape index (κ3) is 2.77. The standard InChI is InChI=1S/C17H18FN3O3/c1-10-15(16(22)20-8-7-12(9-20)17(23)24)11(2)21(19-10)14-5-3-13(18)4-6-14/h3-6,12H,7-9H2,1-2H3,(H,23,24)/t12-/m1/s1. The van der Waals surface area contributed by atoms with Gasteiger partial charge in [-0.3, -0.25) is 9.59 Å². The smallest absolute Gasteiger partial charge is 0.308 e. The fourth-order valence-corrected chi connectivity index (χ4v) is 3.09. The van der Waals surface area contributed by atoms with Crippen LogP contribution in [0.5, 0.6) is 0 Å². The van der Waals surface area contributed by atoms with E-state index in [9.17, 15) is 14.0 Å². The zero-order chi connectivity index (χ0) is 17.4. The number of likely N-dealkylation sites (tertiary alicyclic amines) is 1. The molecule has 0 spiro atoms. The summed E-state index contributed by atoms with van der Waals surface area (Å²) in [5, 5.41) is 13.5. The van der Waals surface area contributed by atoms with Crippen molar-refractivity contribution in [2.45, 2.75) is 20.3 Å². The number of carboxylic acids is 1. The summed E-state index contributed by atoms with van der Waals surface area (Å²) in [5.74, 6) is -1.93. The summed E-state index contributed by atoms with van der Waals surface area (Å²) in [6.45, 7) is 4.16. The maximum absolute atomic E-state index is 13.1. The Labute approximate surface area is 138 Å². The summed E-state index contributed by atoms with van der Waals surface area (Å²) < 4.78 is 14.7. The van der Waals surface area contributed by atoms with Gasteiger partial charge in [0.25, 0.3) is 5.91 Å². The average molecular weight is 331 g/mol. The van der Waals surface area contributed by atoms with Gasteiger partial charge in [-0.2, -0.15) is 5.10 Å². The molecular weight excluding hydrogens is 313 g/mol. The zero-order valence-corrected chi connectivity index (χ0v) is 13.5. The van der Waals surface area contributed by atoms with Gasteiger partial charge in [0.2, 0.25) is 0 Å². The Hall–Kier alpha value is -2.70. The maximum atomic E-state index is 13.1. The second-order valence-corrected chi connectivity index (χ2v) is 6.01. The van der Waals surface area contributed by atoms with Crippen molar-refractivity contribution in [2.75, 3.05) is 13.1 Å². The van der Waals surface area contributed by atoms with Crippen LogP contribution < -0.4 is 0 Å². The molecule has 0 radical (unpaired) electrons. The summed E-state index contributed by atoms with van der Waals surface area (Å²) in [7, 11) is 0. The van der Waals surface area contributed by atoms with Crippen molar-refractivity contribution >= 4 is 11.9 Å². The number of benzene rings is 1. The molecule has 0 bridgehead atoms. The number of nitrogens with zero attached hydrogens (tertiary/aromatic N) is 3. The molecule has 1 atom stereocenters. The first kappa shape index (κ1) is 16.2. The number of hydrogen-bond acceptors (Lipinski definition) is 3. The number of amides is 1. The minimum absolute atomic E-state index is 0.206. The summed E-state index contributed by atoms with van der Waals surface area (Å²) in [6, 6.07) is 5.87. The highest BCUT2D eigenvalue weighted by Crippen LogP contribution is 2.24. The van der Waals surface area contributed by atoms with Gasteiger partial charge in [-0.25, -0.2) is 9.07 Å². The van der Waals surface area contributed by atoms with Gasteiger partial charge in [0, 0.05) is 13.1 Å². The van der Waals surface area contributed by atoms with Crippen molar-refractivity contribution in [1.29, 1.82) is 0 Å². The molecule has 3 rings (SSSR count). The Kier molecular flexibility index (Phi) is 4.09. The number of aryl methyl sites for hydroxylation is 1. The van der Waals surface area contributed by atoms with E-state index in [-0.39, 0.29) is 18.3 Å². The van der Waals surface area contributed by atoms with E-state index in [1.165, 1.54) is 12.1 Å². The number of aliphatic carboxylic acids is 1. The number of rotatable bonds is 3. The first-order valence-corrected chi connectivity index (χ1v) is 7.72. The third-order valence-corrected chi connectivity index (χ3v) is 4.40. The van der Waals surface area contributed by atoms with Crippen molar-refractivity contribution in [3.05, 3.63) is 47.0 Å². The molecule has 2 heterocycles. The third-order valence-electron chi connectivity index (χ3n) is 4.40. The molecule has 1 aliphatic heterocycles. The second-order valence-electron chi connectivity index (χ2n) is 6.01. The topological polar surface area (TPSA) is 75.4 Å². The number of carbonyl (C=O) groups is 2. The molecule has 6 nitrogen and oxygen atoms in total. The van der Waals surface area contributed by atoms with E-state index in [2.05, 4.69) is 5.10 Å². The van der Waals surface area contributed by atoms with Gasteiger partial charge in [0.15, 0.2) is 0 Å². The molecule has 2 aromatic rings. The Bertz CT molecular complexity index is 798. The summed E-state index contributed by atoms with van der Waals surface area (Å²) >= 11 is 0. The number of carbonyl (C=O) groups excluding carboxylic acids is 1. The van der Waals surface area contributed by atoms with Crippen LogP contribution in [0, 0.1) is 25.6 Å². The van der Waals surface area contributed by atoms with Gasteiger partial charge in [0.05, 0.1) is 28.6 Å². The van der Waals surface area contributed by atoms with E-state index >= 15 is 0 Å². The zero-order valence-electron chi connectivity index (χ0n) is 13.5. The fraction of sp³-hybridized carbons (Fsp3) is 0.353. The van der Waals surface area contributed by atoms with Crippen LogP contribution in [-0.2, 0) is 4.79 Å². The van der Waals surface area contributed by atoms with Crippen LogP contribution in [0.1, 0.15) is 28.2 Å². The van der Waals surface area contributed by atoms with Crippen LogP contribution >= 0.6 is 0 Å². The molecule has 1 aliphatic rings. The summed E-state index contributed by atoms with van der Waals surface area (Å²) in [6.07, 6.45) is 0.464. The summed E-state index contributed by atoms with van der Waals surface area (Å²) in [5.41, 5.74) is 2.37. The quantitative estimate of drug-likeness (QED) is 0.935. The Morgan fingerprint density at radius 3 is 2.50 bits per heavy atom.